The Morgan fingerprint density at radius 3 is 2.43 bits per heavy atom. The SMILES string of the molecule is O=C([C@@H]1CCS(=O)(=O)C1)N1CCN(S(=O)(=O)c2cccs2)CC1. The molecule has 0 N–H and O–H groups in total. The first-order valence-electron chi connectivity index (χ1n) is 7.32. The lowest BCUT2D eigenvalue weighted by atomic mass is 10.1. The summed E-state index contributed by atoms with van der Waals surface area (Å²) >= 11 is 1.17. The van der Waals surface area contributed by atoms with Crippen molar-refractivity contribution in [3.63, 3.8) is 0 Å². The van der Waals surface area contributed by atoms with E-state index in [1.54, 1.807) is 22.4 Å². The lowest BCUT2D eigenvalue weighted by Crippen LogP contribution is -2.51. The molecule has 10 heteroatoms. The molecular weight excluding hydrogens is 360 g/mol. The van der Waals surface area contributed by atoms with Gasteiger partial charge in [0, 0.05) is 26.2 Å². The highest BCUT2D eigenvalue weighted by atomic mass is 32.2. The molecule has 0 bridgehead atoms. The second-order valence-electron chi connectivity index (χ2n) is 5.76. The maximum absolute atomic E-state index is 12.4. The minimum atomic E-state index is -3.49. The Hall–Kier alpha value is -0.970. The van der Waals surface area contributed by atoms with Gasteiger partial charge in [-0.1, -0.05) is 6.07 Å². The van der Waals surface area contributed by atoms with E-state index in [1.165, 1.54) is 15.6 Å². The average Bonchev–Trinajstić information content (AvgIpc) is 3.16. The average molecular weight is 378 g/mol. The van der Waals surface area contributed by atoms with Crippen LogP contribution in [-0.4, -0.2) is 69.6 Å². The molecule has 0 saturated carbocycles. The van der Waals surface area contributed by atoms with Crippen LogP contribution in [0.25, 0.3) is 0 Å². The van der Waals surface area contributed by atoms with E-state index in [2.05, 4.69) is 0 Å². The minimum absolute atomic E-state index is 0.0656. The summed E-state index contributed by atoms with van der Waals surface area (Å²) in [6.45, 7) is 1.09. The van der Waals surface area contributed by atoms with Crippen LogP contribution in [0.2, 0.25) is 0 Å². The quantitative estimate of drug-likeness (QED) is 0.739. The van der Waals surface area contributed by atoms with E-state index < -0.39 is 25.8 Å². The Bertz CT molecular complexity index is 778. The van der Waals surface area contributed by atoms with Crippen molar-refractivity contribution in [1.29, 1.82) is 0 Å². The second-order valence-corrected chi connectivity index (χ2v) is 11.1. The summed E-state index contributed by atoms with van der Waals surface area (Å²) in [5.41, 5.74) is 0. The van der Waals surface area contributed by atoms with Crippen molar-refractivity contribution in [3.05, 3.63) is 17.5 Å². The van der Waals surface area contributed by atoms with Crippen molar-refractivity contribution in [2.24, 2.45) is 5.92 Å². The molecule has 3 heterocycles. The third-order valence-electron chi connectivity index (χ3n) is 4.22. The molecule has 2 saturated heterocycles. The van der Waals surface area contributed by atoms with Crippen molar-refractivity contribution >= 4 is 37.1 Å². The summed E-state index contributed by atoms with van der Waals surface area (Å²) in [6.07, 6.45) is 0.370. The zero-order valence-electron chi connectivity index (χ0n) is 12.4. The van der Waals surface area contributed by atoms with Crippen molar-refractivity contribution in [3.8, 4) is 0 Å². The summed E-state index contributed by atoms with van der Waals surface area (Å²) in [6, 6.07) is 3.26. The Balaban J connectivity index is 1.62. The number of rotatable bonds is 3. The summed E-state index contributed by atoms with van der Waals surface area (Å²) in [5, 5.41) is 1.72. The molecule has 0 spiro atoms. The highest BCUT2D eigenvalue weighted by molar-refractivity contribution is 7.91. The standard InChI is InChI=1S/C13H18N2O5S3/c16-13(11-3-9-22(17,18)10-11)14-4-6-15(7-5-14)23(19,20)12-2-1-8-21-12/h1-2,8,11H,3-7,9-10H2/t11-/m1/s1. The van der Waals surface area contributed by atoms with Crippen LogP contribution in [0.1, 0.15) is 6.42 Å². The first-order valence-corrected chi connectivity index (χ1v) is 11.5. The number of nitrogens with zero attached hydrogens (tertiary/aromatic N) is 2. The van der Waals surface area contributed by atoms with Crippen LogP contribution in [0.5, 0.6) is 0 Å². The van der Waals surface area contributed by atoms with Gasteiger partial charge in [0.1, 0.15) is 4.21 Å². The zero-order chi connectivity index (χ0) is 16.7. The fraction of sp³-hybridized carbons (Fsp3) is 0.615. The number of carbonyl (C=O) groups is 1. The Morgan fingerprint density at radius 1 is 1.22 bits per heavy atom. The molecule has 23 heavy (non-hydrogen) atoms. The summed E-state index contributed by atoms with van der Waals surface area (Å²) in [5.74, 6) is -0.657. The van der Waals surface area contributed by atoms with Gasteiger partial charge in [-0.15, -0.1) is 11.3 Å². The van der Waals surface area contributed by atoms with E-state index in [0.29, 0.717) is 23.7 Å². The number of amides is 1. The van der Waals surface area contributed by atoms with Gasteiger partial charge in [0.2, 0.25) is 5.91 Å². The first-order chi connectivity index (χ1) is 10.8. The third-order valence-corrected chi connectivity index (χ3v) is 9.26. The van der Waals surface area contributed by atoms with Gasteiger partial charge in [-0.2, -0.15) is 4.31 Å². The van der Waals surface area contributed by atoms with E-state index in [-0.39, 0.29) is 30.5 Å². The molecule has 2 aliphatic heterocycles. The molecule has 1 atom stereocenters. The number of hydrogen-bond acceptors (Lipinski definition) is 6. The summed E-state index contributed by atoms with van der Waals surface area (Å²) in [7, 11) is -6.58. The fourth-order valence-corrected chi connectivity index (χ4v) is 7.23. The Labute approximate surface area is 139 Å². The summed E-state index contributed by atoms with van der Waals surface area (Å²) in [4.78, 5) is 14.0. The maximum atomic E-state index is 12.4. The van der Waals surface area contributed by atoms with Gasteiger partial charge in [0.05, 0.1) is 17.4 Å². The van der Waals surface area contributed by atoms with Crippen LogP contribution < -0.4 is 0 Å². The topological polar surface area (TPSA) is 91.8 Å². The molecule has 0 aromatic carbocycles. The lowest BCUT2D eigenvalue weighted by molar-refractivity contribution is -0.135. The maximum Gasteiger partial charge on any atom is 0.252 e. The number of carbonyl (C=O) groups excluding carboxylic acids is 1. The molecule has 2 fully saturated rings. The van der Waals surface area contributed by atoms with Gasteiger partial charge < -0.3 is 4.90 Å². The predicted molar refractivity (Wildman–Crippen MR) is 86.4 cm³/mol. The Kier molecular flexibility index (Phi) is 4.51. The molecular formula is C13H18N2O5S3. The third kappa shape index (κ3) is 3.44. The van der Waals surface area contributed by atoms with E-state index in [4.69, 9.17) is 0 Å². The van der Waals surface area contributed by atoms with Gasteiger partial charge in [-0.25, -0.2) is 16.8 Å². The monoisotopic (exact) mass is 378 g/mol. The van der Waals surface area contributed by atoms with E-state index in [9.17, 15) is 21.6 Å². The molecule has 1 aromatic heterocycles. The number of thiophene rings is 1. The fourth-order valence-electron chi connectivity index (χ4n) is 2.93. The molecule has 3 rings (SSSR count). The van der Waals surface area contributed by atoms with Crippen LogP contribution in [0.4, 0.5) is 0 Å². The molecule has 1 amide bonds. The molecule has 2 aliphatic rings. The lowest BCUT2D eigenvalue weighted by Gasteiger charge is -2.34. The zero-order valence-corrected chi connectivity index (χ0v) is 14.9. The Morgan fingerprint density at radius 2 is 1.91 bits per heavy atom. The first kappa shape index (κ1) is 16.9. The molecule has 1 aromatic rings. The van der Waals surface area contributed by atoms with Gasteiger partial charge in [0.15, 0.2) is 9.84 Å². The van der Waals surface area contributed by atoms with Crippen molar-refractivity contribution in [2.75, 3.05) is 37.7 Å². The van der Waals surface area contributed by atoms with Crippen molar-refractivity contribution < 1.29 is 21.6 Å². The number of sulfonamides is 1. The van der Waals surface area contributed by atoms with Crippen molar-refractivity contribution in [2.45, 2.75) is 10.6 Å². The van der Waals surface area contributed by atoms with Crippen LogP contribution in [-0.2, 0) is 24.7 Å². The highest BCUT2D eigenvalue weighted by Gasteiger charge is 2.37. The molecule has 0 radical (unpaired) electrons. The summed E-state index contributed by atoms with van der Waals surface area (Å²) < 4.78 is 49.5. The van der Waals surface area contributed by atoms with E-state index in [0.717, 1.165) is 0 Å². The molecule has 0 aliphatic carbocycles. The highest BCUT2D eigenvalue weighted by Crippen LogP contribution is 2.24. The van der Waals surface area contributed by atoms with E-state index in [1.807, 2.05) is 0 Å². The minimum Gasteiger partial charge on any atom is -0.340 e. The predicted octanol–water partition coefficient (Wildman–Crippen LogP) is 0.0157. The number of hydrogen-bond donors (Lipinski definition) is 0. The second kappa shape index (κ2) is 6.15. The van der Waals surface area contributed by atoms with Crippen LogP contribution in [0.15, 0.2) is 21.7 Å². The molecule has 0 unspecified atom stereocenters. The largest absolute Gasteiger partial charge is 0.340 e. The molecule has 128 valence electrons. The van der Waals surface area contributed by atoms with Crippen molar-refractivity contribution in [1.82, 2.24) is 9.21 Å². The van der Waals surface area contributed by atoms with Gasteiger partial charge in [-0.05, 0) is 17.9 Å². The van der Waals surface area contributed by atoms with E-state index >= 15 is 0 Å². The van der Waals surface area contributed by atoms with Crippen LogP contribution in [0.3, 0.4) is 0 Å². The van der Waals surface area contributed by atoms with Crippen LogP contribution >= 0.6 is 11.3 Å². The normalized spacial score (nSPS) is 25.6. The smallest absolute Gasteiger partial charge is 0.252 e. The van der Waals surface area contributed by atoms with Gasteiger partial charge >= 0.3 is 0 Å². The molecule has 7 nitrogen and oxygen atoms in total. The van der Waals surface area contributed by atoms with Gasteiger partial charge in [-0.3, -0.25) is 4.79 Å². The number of piperazine rings is 1. The van der Waals surface area contributed by atoms with Crippen LogP contribution in [0, 0.1) is 5.92 Å². The number of sulfone groups is 1. The van der Waals surface area contributed by atoms with Gasteiger partial charge in [0.25, 0.3) is 10.0 Å².